The van der Waals surface area contributed by atoms with Gasteiger partial charge in [-0.15, -0.1) is 0 Å². The summed E-state index contributed by atoms with van der Waals surface area (Å²) in [5, 5.41) is 5.38. The molecule has 0 aliphatic heterocycles. The Bertz CT molecular complexity index is 774. The van der Waals surface area contributed by atoms with Gasteiger partial charge in [-0.25, -0.2) is 4.98 Å². The molecule has 1 saturated carbocycles. The second-order valence-electron chi connectivity index (χ2n) is 5.86. The van der Waals surface area contributed by atoms with Crippen LogP contribution >= 0.6 is 11.6 Å². The Kier molecular flexibility index (Phi) is 4.85. The highest BCUT2D eigenvalue weighted by Crippen LogP contribution is 2.37. The number of nitrogens with one attached hydrogen (secondary N) is 2. The molecule has 1 aromatic carbocycles. The molecule has 3 rings (SSSR count). The summed E-state index contributed by atoms with van der Waals surface area (Å²) in [5.41, 5.74) is -0.505. The highest BCUT2D eigenvalue weighted by Gasteiger charge is 2.34. The summed E-state index contributed by atoms with van der Waals surface area (Å²) in [6.07, 6.45) is -0.306. The lowest BCUT2D eigenvalue weighted by molar-refractivity contribution is -0.137. The molecule has 2 aromatic rings. The minimum absolute atomic E-state index is 0.000103. The molecule has 0 saturated heterocycles. The first-order chi connectivity index (χ1) is 11.8. The number of carbonyl (C=O) groups excluding carboxylic acids is 1. The van der Waals surface area contributed by atoms with E-state index in [1.54, 1.807) is 6.07 Å². The Morgan fingerprint density at radius 3 is 2.52 bits per heavy atom. The molecule has 0 spiro atoms. The van der Waals surface area contributed by atoms with Gasteiger partial charge in [0, 0.05) is 10.9 Å². The number of hydrogen-bond acceptors (Lipinski definition) is 3. The second-order valence-corrected chi connectivity index (χ2v) is 6.30. The fourth-order valence-corrected chi connectivity index (χ4v) is 2.63. The number of carbonyl (C=O) groups is 1. The third-order valence-electron chi connectivity index (χ3n) is 4.06. The Hall–Kier alpha value is -2.28. The molecule has 8 heteroatoms. The van der Waals surface area contributed by atoms with E-state index in [1.165, 1.54) is 24.4 Å². The zero-order valence-electron chi connectivity index (χ0n) is 13.0. The highest BCUT2D eigenvalue weighted by molar-refractivity contribution is 6.30. The largest absolute Gasteiger partial charge is 0.418 e. The molecular weight excluding hydrogens is 355 g/mol. The number of aromatic nitrogens is 1. The lowest BCUT2D eigenvalue weighted by Crippen LogP contribution is -2.28. The lowest BCUT2D eigenvalue weighted by Gasteiger charge is -2.23. The maximum absolute atomic E-state index is 13.1. The minimum Gasteiger partial charge on any atom is -0.340 e. The van der Waals surface area contributed by atoms with Crippen molar-refractivity contribution in [2.24, 2.45) is 5.92 Å². The number of rotatable bonds is 4. The molecule has 1 fully saturated rings. The molecule has 132 valence electrons. The number of amides is 1. The topological polar surface area (TPSA) is 54.0 Å². The van der Waals surface area contributed by atoms with E-state index in [9.17, 15) is 18.0 Å². The molecule has 0 atom stereocenters. The molecule has 4 nitrogen and oxygen atoms in total. The van der Waals surface area contributed by atoms with Crippen LogP contribution in [0.4, 0.5) is 30.4 Å². The first-order valence-corrected chi connectivity index (χ1v) is 8.11. The van der Waals surface area contributed by atoms with Gasteiger partial charge in [-0.05, 0) is 43.2 Å². The predicted octanol–water partition coefficient (Wildman–Crippen LogP) is 5.24. The Labute approximate surface area is 147 Å². The summed E-state index contributed by atoms with van der Waals surface area (Å²) in [6.45, 7) is 0. The molecule has 0 unspecified atom stereocenters. The maximum Gasteiger partial charge on any atom is 0.418 e. The van der Waals surface area contributed by atoms with Crippen molar-refractivity contribution < 1.29 is 18.0 Å². The first-order valence-electron chi connectivity index (χ1n) is 7.73. The molecule has 1 aliphatic carbocycles. The van der Waals surface area contributed by atoms with Gasteiger partial charge >= 0.3 is 6.18 Å². The summed E-state index contributed by atoms with van der Waals surface area (Å²) < 4.78 is 39.3. The third-order valence-corrected chi connectivity index (χ3v) is 4.29. The SMILES string of the molecule is O=C(Nc1ccc(Nc2ccc(Cl)cc2C(F)(F)F)nc1)C1CCC1. The number of benzene rings is 1. The van der Waals surface area contributed by atoms with E-state index in [0.717, 1.165) is 25.3 Å². The summed E-state index contributed by atoms with van der Waals surface area (Å²) in [7, 11) is 0. The zero-order chi connectivity index (χ0) is 18.0. The number of halogens is 4. The van der Waals surface area contributed by atoms with Crippen LogP contribution in [0.25, 0.3) is 0 Å². The van der Waals surface area contributed by atoms with Gasteiger partial charge in [0.1, 0.15) is 5.82 Å². The fourth-order valence-electron chi connectivity index (χ4n) is 2.45. The van der Waals surface area contributed by atoms with Crippen LogP contribution in [0, 0.1) is 5.92 Å². The molecular formula is C17H15ClF3N3O. The second kappa shape index (κ2) is 6.92. The van der Waals surface area contributed by atoms with Gasteiger partial charge in [0.25, 0.3) is 0 Å². The average molecular weight is 370 g/mol. The smallest absolute Gasteiger partial charge is 0.340 e. The number of anilines is 3. The fraction of sp³-hybridized carbons (Fsp3) is 0.294. The predicted molar refractivity (Wildman–Crippen MR) is 89.9 cm³/mol. The summed E-state index contributed by atoms with van der Waals surface area (Å²) in [4.78, 5) is 15.9. The van der Waals surface area contributed by atoms with E-state index in [4.69, 9.17) is 11.6 Å². The summed E-state index contributed by atoms with van der Waals surface area (Å²) in [6, 6.07) is 6.57. The van der Waals surface area contributed by atoms with Gasteiger partial charge in [-0.1, -0.05) is 18.0 Å². The Morgan fingerprint density at radius 2 is 1.96 bits per heavy atom. The standard InChI is InChI=1S/C17H15ClF3N3O/c18-11-4-6-14(13(8-11)17(19,20)21)24-15-7-5-12(9-22-15)23-16(25)10-2-1-3-10/h4-10H,1-3H2,(H,22,24)(H,23,25). The zero-order valence-corrected chi connectivity index (χ0v) is 13.8. The first kappa shape index (κ1) is 17.5. The minimum atomic E-state index is -4.54. The van der Waals surface area contributed by atoms with E-state index in [0.29, 0.717) is 5.69 Å². The molecule has 1 aromatic heterocycles. The van der Waals surface area contributed by atoms with Gasteiger partial charge in [0.2, 0.25) is 5.91 Å². The maximum atomic E-state index is 13.1. The quantitative estimate of drug-likeness (QED) is 0.775. The number of hydrogen-bond donors (Lipinski definition) is 2. The molecule has 1 heterocycles. The highest BCUT2D eigenvalue weighted by atomic mass is 35.5. The van der Waals surface area contributed by atoms with Crippen molar-refractivity contribution in [3.8, 4) is 0 Å². The normalized spacial score (nSPS) is 14.7. The van der Waals surface area contributed by atoms with Crippen LogP contribution in [-0.4, -0.2) is 10.9 Å². The molecule has 0 radical (unpaired) electrons. The number of pyridine rings is 1. The van der Waals surface area contributed by atoms with Gasteiger partial charge in [-0.2, -0.15) is 13.2 Å². The van der Waals surface area contributed by atoms with Gasteiger partial charge in [-0.3, -0.25) is 4.79 Å². The van der Waals surface area contributed by atoms with Crippen molar-refractivity contribution in [2.75, 3.05) is 10.6 Å². The summed E-state index contributed by atoms with van der Waals surface area (Å²) in [5.74, 6) is 0.224. The van der Waals surface area contributed by atoms with Crippen LogP contribution in [0.5, 0.6) is 0 Å². The van der Waals surface area contributed by atoms with Crippen LogP contribution in [0.15, 0.2) is 36.5 Å². The van der Waals surface area contributed by atoms with Crippen molar-refractivity contribution in [1.29, 1.82) is 0 Å². The van der Waals surface area contributed by atoms with Crippen molar-refractivity contribution in [1.82, 2.24) is 4.98 Å². The molecule has 0 bridgehead atoms. The van der Waals surface area contributed by atoms with Crippen LogP contribution in [-0.2, 0) is 11.0 Å². The Balaban J connectivity index is 1.72. The van der Waals surface area contributed by atoms with Crippen molar-refractivity contribution >= 4 is 34.7 Å². The average Bonchev–Trinajstić information content (AvgIpc) is 2.48. The van der Waals surface area contributed by atoms with Crippen molar-refractivity contribution in [3.05, 3.63) is 47.1 Å². The van der Waals surface area contributed by atoms with E-state index in [1.807, 2.05) is 0 Å². The van der Waals surface area contributed by atoms with Crippen LogP contribution in [0.1, 0.15) is 24.8 Å². The van der Waals surface area contributed by atoms with Gasteiger partial charge < -0.3 is 10.6 Å². The Morgan fingerprint density at radius 1 is 1.20 bits per heavy atom. The van der Waals surface area contributed by atoms with Gasteiger partial charge in [0.15, 0.2) is 0 Å². The molecule has 25 heavy (non-hydrogen) atoms. The summed E-state index contributed by atoms with van der Waals surface area (Å²) >= 11 is 5.65. The molecule has 1 aliphatic rings. The van der Waals surface area contributed by atoms with Crippen molar-refractivity contribution in [2.45, 2.75) is 25.4 Å². The third kappa shape index (κ3) is 4.22. The number of alkyl halides is 3. The molecule has 2 N–H and O–H groups in total. The number of nitrogens with zero attached hydrogens (tertiary/aromatic N) is 1. The van der Waals surface area contributed by atoms with Crippen LogP contribution < -0.4 is 10.6 Å². The van der Waals surface area contributed by atoms with E-state index in [2.05, 4.69) is 15.6 Å². The van der Waals surface area contributed by atoms with Gasteiger partial charge in [0.05, 0.1) is 23.1 Å². The lowest BCUT2D eigenvalue weighted by atomic mass is 9.85. The monoisotopic (exact) mass is 369 g/mol. The van der Waals surface area contributed by atoms with Crippen LogP contribution in [0.2, 0.25) is 5.02 Å². The van der Waals surface area contributed by atoms with E-state index < -0.39 is 11.7 Å². The van der Waals surface area contributed by atoms with Crippen LogP contribution in [0.3, 0.4) is 0 Å². The molecule has 1 amide bonds. The van der Waals surface area contributed by atoms with Crippen molar-refractivity contribution in [3.63, 3.8) is 0 Å². The van der Waals surface area contributed by atoms with E-state index >= 15 is 0 Å². The van der Waals surface area contributed by atoms with E-state index in [-0.39, 0.29) is 28.4 Å².